The van der Waals surface area contributed by atoms with Crippen LogP contribution in [0.4, 0.5) is 0 Å². The molecule has 0 saturated carbocycles. The van der Waals surface area contributed by atoms with Gasteiger partial charge in [0.2, 0.25) is 15.9 Å². The summed E-state index contributed by atoms with van der Waals surface area (Å²) in [5.41, 5.74) is 1.91. The molecule has 0 aliphatic heterocycles. The van der Waals surface area contributed by atoms with Gasteiger partial charge in [0.15, 0.2) is 11.5 Å². The number of hydrogen-bond acceptors (Lipinski definition) is 6. The van der Waals surface area contributed by atoms with Crippen molar-refractivity contribution in [1.29, 1.82) is 0 Å². The Morgan fingerprint density at radius 2 is 1.68 bits per heavy atom. The zero-order valence-corrected chi connectivity index (χ0v) is 25.9. The molecule has 3 rings (SSSR count). The van der Waals surface area contributed by atoms with Crippen molar-refractivity contribution in [3.63, 3.8) is 0 Å². The lowest BCUT2D eigenvalue weighted by Gasteiger charge is -2.27. The van der Waals surface area contributed by atoms with Crippen LogP contribution >= 0.6 is 11.3 Å². The summed E-state index contributed by atoms with van der Waals surface area (Å²) >= 11 is 1.62. The summed E-state index contributed by atoms with van der Waals surface area (Å²) in [6, 6.07) is 16.6. The SMILES string of the molecule is C=CCN(CC(=O)N(CCc1ccc(OC)c(OC)c1)Cc1ccc(C)s1)S(=O)(=O)c1ccc(C(C)(C)C)cc1. The molecule has 0 aliphatic carbocycles. The summed E-state index contributed by atoms with van der Waals surface area (Å²) in [6.45, 7) is 12.5. The van der Waals surface area contributed by atoms with Crippen molar-refractivity contribution in [2.75, 3.05) is 33.9 Å². The lowest BCUT2D eigenvalue weighted by atomic mass is 9.87. The first-order valence-electron chi connectivity index (χ1n) is 13.1. The number of nitrogens with zero attached hydrogens (tertiary/aromatic N) is 2. The van der Waals surface area contributed by atoms with Gasteiger partial charge in [0.25, 0.3) is 0 Å². The molecule has 1 aromatic heterocycles. The first kappa shape index (κ1) is 31.4. The molecule has 0 fully saturated rings. The number of amides is 1. The van der Waals surface area contributed by atoms with Crippen LogP contribution in [0.3, 0.4) is 0 Å². The summed E-state index contributed by atoms with van der Waals surface area (Å²) < 4.78 is 39.1. The number of carbonyl (C=O) groups is 1. The van der Waals surface area contributed by atoms with Gasteiger partial charge in [-0.15, -0.1) is 17.9 Å². The van der Waals surface area contributed by atoms with E-state index < -0.39 is 10.0 Å². The molecule has 0 spiro atoms. The Morgan fingerprint density at radius 3 is 2.23 bits per heavy atom. The minimum Gasteiger partial charge on any atom is -0.493 e. The normalized spacial score (nSPS) is 11.9. The molecule has 0 radical (unpaired) electrons. The fourth-order valence-electron chi connectivity index (χ4n) is 4.27. The van der Waals surface area contributed by atoms with E-state index in [9.17, 15) is 13.2 Å². The van der Waals surface area contributed by atoms with Crippen LogP contribution in [-0.2, 0) is 33.2 Å². The van der Waals surface area contributed by atoms with Gasteiger partial charge in [-0.25, -0.2) is 8.42 Å². The van der Waals surface area contributed by atoms with Crippen LogP contribution < -0.4 is 9.47 Å². The Bertz CT molecular complexity index is 1410. The van der Waals surface area contributed by atoms with E-state index >= 15 is 0 Å². The summed E-state index contributed by atoms with van der Waals surface area (Å²) in [6.07, 6.45) is 2.07. The number of rotatable bonds is 13. The van der Waals surface area contributed by atoms with Crippen molar-refractivity contribution < 1.29 is 22.7 Å². The second-order valence-electron chi connectivity index (χ2n) is 10.6. The molecule has 3 aromatic rings. The van der Waals surface area contributed by atoms with Crippen molar-refractivity contribution in [2.45, 2.75) is 51.0 Å². The van der Waals surface area contributed by atoms with Gasteiger partial charge < -0.3 is 14.4 Å². The van der Waals surface area contributed by atoms with E-state index in [0.717, 1.165) is 20.9 Å². The fraction of sp³-hybridized carbons (Fsp3) is 0.387. The third kappa shape index (κ3) is 7.96. The van der Waals surface area contributed by atoms with E-state index in [1.54, 1.807) is 42.6 Å². The second-order valence-corrected chi connectivity index (χ2v) is 13.9. The van der Waals surface area contributed by atoms with E-state index in [-0.39, 0.29) is 29.3 Å². The van der Waals surface area contributed by atoms with Crippen LogP contribution in [0.1, 0.15) is 41.7 Å². The Kier molecular flexibility index (Phi) is 10.6. The third-order valence-corrected chi connectivity index (χ3v) is 9.43. The molecule has 7 nitrogen and oxygen atoms in total. The van der Waals surface area contributed by atoms with Gasteiger partial charge in [-0.2, -0.15) is 4.31 Å². The molecular formula is C31H40N2O5S2. The molecule has 0 atom stereocenters. The molecule has 216 valence electrons. The maximum Gasteiger partial charge on any atom is 0.243 e. The number of hydrogen-bond donors (Lipinski definition) is 0. The highest BCUT2D eigenvalue weighted by Crippen LogP contribution is 2.28. The van der Waals surface area contributed by atoms with Crippen molar-refractivity contribution in [3.8, 4) is 11.5 Å². The maximum atomic E-state index is 13.7. The van der Waals surface area contributed by atoms with Crippen molar-refractivity contribution in [3.05, 3.63) is 88.1 Å². The lowest BCUT2D eigenvalue weighted by molar-refractivity contribution is -0.131. The van der Waals surface area contributed by atoms with Crippen LogP contribution in [-0.4, -0.2) is 57.4 Å². The van der Waals surface area contributed by atoms with Crippen molar-refractivity contribution in [2.24, 2.45) is 0 Å². The Hall–Kier alpha value is -3.14. The van der Waals surface area contributed by atoms with Crippen LogP contribution in [0.15, 0.2) is 72.1 Å². The average molecular weight is 585 g/mol. The average Bonchev–Trinajstić information content (AvgIpc) is 3.34. The highest BCUT2D eigenvalue weighted by Gasteiger charge is 2.28. The van der Waals surface area contributed by atoms with Crippen LogP contribution in [0.5, 0.6) is 11.5 Å². The van der Waals surface area contributed by atoms with Crippen molar-refractivity contribution >= 4 is 27.3 Å². The summed E-state index contributed by atoms with van der Waals surface area (Å²) in [4.78, 5) is 17.8. The summed E-state index contributed by atoms with van der Waals surface area (Å²) in [7, 11) is -0.748. The van der Waals surface area contributed by atoms with Crippen LogP contribution in [0.2, 0.25) is 0 Å². The van der Waals surface area contributed by atoms with Crippen molar-refractivity contribution in [1.82, 2.24) is 9.21 Å². The molecule has 9 heteroatoms. The minimum atomic E-state index is -3.92. The number of ether oxygens (including phenoxy) is 2. The fourth-order valence-corrected chi connectivity index (χ4v) is 6.54. The van der Waals surface area contributed by atoms with Gasteiger partial charge in [0, 0.05) is 22.8 Å². The molecule has 0 N–H and O–H groups in total. The van der Waals surface area contributed by atoms with Gasteiger partial charge in [0.05, 0.1) is 32.2 Å². The molecule has 0 aliphatic rings. The second kappa shape index (κ2) is 13.5. The van der Waals surface area contributed by atoms with E-state index in [0.29, 0.717) is 31.0 Å². The topological polar surface area (TPSA) is 76.2 Å². The first-order chi connectivity index (χ1) is 18.9. The number of aryl methyl sites for hydroxylation is 1. The molecule has 1 amide bonds. The predicted molar refractivity (Wildman–Crippen MR) is 162 cm³/mol. The van der Waals surface area contributed by atoms with Gasteiger partial charge >= 0.3 is 0 Å². The number of methoxy groups -OCH3 is 2. The predicted octanol–water partition coefficient (Wildman–Crippen LogP) is 5.82. The Morgan fingerprint density at radius 1 is 1.00 bits per heavy atom. The van der Waals surface area contributed by atoms with E-state index in [2.05, 4.69) is 27.4 Å². The Balaban J connectivity index is 1.84. The maximum absolute atomic E-state index is 13.7. The molecule has 0 saturated heterocycles. The van der Waals surface area contributed by atoms with Gasteiger partial charge in [-0.1, -0.05) is 45.0 Å². The first-order valence-corrected chi connectivity index (χ1v) is 15.4. The van der Waals surface area contributed by atoms with Gasteiger partial charge in [0.1, 0.15) is 0 Å². The standard InChI is InChI=1S/C31H40N2O5S2/c1-8-18-33(40(35,36)27-14-11-25(12-15-27)31(3,4)5)22-30(34)32(21-26-13-9-23(2)39-26)19-17-24-10-16-28(37-6)29(20-24)38-7/h8-16,20H,1,17-19,21-22H2,2-7H3. The molecule has 2 aromatic carbocycles. The van der Waals surface area contributed by atoms with E-state index in [1.165, 1.54) is 10.4 Å². The van der Waals surface area contributed by atoms with E-state index in [4.69, 9.17) is 9.47 Å². The number of carbonyl (C=O) groups excluding carboxylic acids is 1. The molecule has 0 bridgehead atoms. The molecular weight excluding hydrogens is 544 g/mol. The smallest absolute Gasteiger partial charge is 0.243 e. The monoisotopic (exact) mass is 584 g/mol. The van der Waals surface area contributed by atoms with Crippen LogP contribution in [0, 0.1) is 6.92 Å². The highest BCUT2D eigenvalue weighted by molar-refractivity contribution is 7.89. The quantitative estimate of drug-likeness (QED) is 0.237. The summed E-state index contributed by atoms with van der Waals surface area (Å²) in [5, 5.41) is 0. The zero-order valence-electron chi connectivity index (χ0n) is 24.3. The largest absolute Gasteiger partial charge is 0.493 e. The number of thiophene rings is 1. The molecule has 0 unspecified atom stereocenters. The molecule has 1 heterocycles. The highest BCUT2D eigenvalue weighted by atomic mass is 32.2. The minimum absolute atomic E-state index is 0.0245. The van der Waals surface area contributed by atoms with E-state index in [1.807, 2.05) is 49.4 Å². The number of sulfonamides is 1. The number of benzene rings is 2. The van der Waals surface area contributed by atoms with Crippen LogP contribution in [0.25, 0.3) is 0 Å². The summed E-state index contributed by atoms with van der Waals surface area (Å²) in [5.74, 6) is 0.977. The zero-order chi connectivity index (χ0) is 29.5. The lowest BCUT2D eigenvalue weighted by Crippen LogP contribution is -2.43. The molecule has 40 heavy (non-hydrogen) atoms. The van der Waals surface area contributed by atoms with Gasteiger partial charge in [-0.3, -0.25) is 4.79 Å². The van der Waals surface area contributed by atoms with Gasteiger partial charge in [-0.05, 0) is 66.3 Å². The third-order valence-electron chi connectivity index (χ3n) is 6.62. The Labute approximate surface area is 243 Å².